The van der Waals surface area contributed by atoms with Crippen molar-refractivity contribution in [3.05, 3.63) is 45.0 Å². The van der Waals surface area contributed by atoms with Crippen LogP contribution in [-0.2, 0) is 11.3 Å². The van der Waals surface area contributed by atoms with Crippen LogP contribution >= 0.6 is 34.2 Å². The minimum absolute atomic E-state index is 0.0292. The highest BCUT2D eigenvalue weighted by Gasteiger charge is 2.54. The van der Waals surface area contributed by atoms with Gasteiger partial charge in [-0.05, 0) is 65.2 Å². The Balaban J connectivity index is 1.67. The number of fused-ring (bicyclic) bond motifs is 1. The number of carbonyl (C=O) groups excluding carboxylic acids is 1. The van der Waals surface area contributed by atoms with Crippen molar-refractivity contribution in [2.45, 2.75) is 38.1 Å². The van der Waals surface area contributed by atoms with Gasteiger partial charge in [-0.25, -0.2) is 4.98 Å². The maximum atomic E-state index is 12.4. The second-order valence-electron chi connectivity index (χ2n) is 7.85. The molecule has 1 aliphatic rings. The van der Waals surface area contributed by atoms with Crippen molar-refractivity contribution in [2.75, 3.05) is 12.4 Å². The van der Waals surface area contributed by atoms with Crippen LogP contribution in [-0.4, -0.2) is 54.9 Å². The van der Waals surface area contributed by atoms with Crippen molar-refractivity contribution >= 4 is 57.1 Å². The van der Waals surface area contributed by atoms with E-state index in [1.807, 2.05) is 18.2 Å². The van der Waals surface area contributed by atoms with E-state index in [4.69, 9.17) is 11.6 Å². The number of nitrogens with one attached hydrogen (secondary N) is 2. The number of nitrogens with zero attached hydrogens (tertiary/aromatic N) is 4. The SMILES string of the molecule is CNC(=O)[C@@]1(C)C[C@@H](n2cnc3c(NCc4cccc(I)c4)nc(Cl)nc32)[C@H](O)[C@@H]1O. The summed E-state index contributed by atoms with van der Waals surface area (Å²) in [5, 5.41) is 27.1. The molecule has 31 heavy (non-hydrogen) atoms. The van der Waals surface area contributed by atoms with Crippen LogP contribution in [0.1, 0.15) is 24.9 Å². The Labute approximate surface area is 197 Å². The van der Waals surface area contributed by atoms with Crippen molar-refractivity contribution in [2.24, 2.45) is 5.41 Å². The van der Waals surface area contributed by atoms with Gasteiger partial charge in [0.25, 0.3) is 0 Å². The van der Waals surface area contributed by atoms with Crippen LogP contribution in [0.15, 0.2) is 30.6 Å². The van der Waals surface area contributed by atoms with Gasteiger partial charge in [0.05, 0.1) is 23.9 Å². The Morgan fingerprint density at radius 1 is 1.39 bits per heavy atom. The zero-order chi connectivity index (χ0) is 22.3. The molecule has 0 saturated heterocycles. The van der Waals surface area contributed by atoms with Gasteiger partial charge in [0.2, 0.25) is 11.2 Å². The molecule has 4 atom stereocenters. The first-order valence-electron chi connectivity index (χ1n) is 9.71. The van der Waals surface area contributed by atoms with E-state index < -0.39 is 23.7 Å². The number of hydrogen-bond acceptors (Lipinski definition) is 7. The summed E-state index contributed by atoms with van der Waals surface area (Å²) in [4.78, 5) is 25.4. The third-order valence-corrected chi connectivity index (χ3v) is 6.69. The topological polar surface area (TPSA) is 125 Å². The predicted molar refractivity (Wildman–Crippen MR) is 125 cm³/mol. The molecule has 1 aromatic carbocycles. The number of aliphatic hydroxyl groups is 2. The minimum Gasteiger partial charge on any atom is -0.389 e. The first-order chi connectivity index (χ1) is 14.7. The van der Waals surface area contributed by atoms with Gasteiger partial charge in [0.1, 0.15) is 6.10 Å². The molecule has 0 spiro atoms. The number of benzene rings is 1. The van der Waals surface area contributed by atoms with Crippen molar-refractivity contribution in [3.8, 4) is 0 Å². The van der Waals surface area contributed by atoms with Crippen LogP contribution in [0.3, 0.4) is 0 Å². The first kappa shape index (κ1) is 22.2. The molecule has 1 saturated carbocycles. The molecule has 3 aromatic rings. The minimum atomic E-state index is -1.23. The largest absolute Gasteiger partial charge is 0.389 e. The van der Waals surface area contributed by atoms with Crippen LogP contribution in [0, 0.1) is 8.99 Å². The number of anilines is 1. The summed E-state index contributed by atoms with van der Waals surface area (Å²) in [6, 6.07) is 7.45. The highest BCUT2D eigenvalue weighted by atomic mass is 127. The van der Waals surface area contributed by atoms with Gasteiger partial charge in [-0.15, -0.1) is 0 Å². The van der Waals surface area contributed by atoms with Crippen molar-refractivity contribution in [3.63, 3.8) is 0 Å². The summed E-state index contributed by atoms with van der Waals surface area (Å²) in [5.41, 5.74) is 0.843. The lowest BCUT2D eigenvalue weighted by Crippen LogP contribution is -2.45. The molecule has 4 rings (SSSR count). The Bertz CT molecular complexity index is 1140. The van der Waals surface area contributed by atoms with Gasteiger partial charge < -0.3 is 25.4 Å². The lowest BCUT2D eigenvalue weighted by molar-refractivity contribution is -0.136. The van der Waals surface area contributed by atoms with Crippen LogP contribution in [0.25, 0.3) is 11.2 Å². The van der Waals surface area contributed by atoms with Crippen LogP contribution in [0.4, 0.5) is 5.82 Å². The number of carbonyl (C=O) groups is 1. The molecule has 9 nitrogen and oxygen atoms in total. The zero-order valence-corrected chi connectivity index (χ0v) is 19.8. The molecule has 4 N–H and O–H groups in total. The number of aromatic nitrogens is 4. The number of rotatable bonds is 5. The van der Waals surface area contributed by atoms with Crippen LogP contribution in [0.5, 0.6) is 0 Å². The number of halogens is 2. The molecule has 1 amide bonds. The lowest BCUT2D eigenvalue weighted by atomic mass is 9.85. The zero-order valence-electron chi connectivity index (χ0n) is 16.9. The molecule has 2 heterocycles. The standard InChI is InChI=1S/C20H22ClIN6O3/c1-20(18(31)23-2)7-12(14(29)15(20)30)28-9-25-13-16(26-19(21)27-17(13)28)24-8-10-4-3-5-11(22)6-10/h3-6,9,12,14-15,29-30H,7-8H2,1-2H3,(H,23,31)(H,24,26,27)/t12-,14+,15+,20+/m1/s1. The second-order valence-corrected chi connectivity index (χ2v) is 9.44. The molecule has 0 bridgehead atoms. The van der Waals surface area contributed by atoms with Crippen molar-refractivity contribution < 1.29 is 15.0 Å². The van der Waals surface area contributed by atoms with Gasteiger partial charge in [-0.2, -0.15) is 9.97 Å². The van der Waals surface area contributed by atoms with E-state index in [0.717, 1.165) is 9.13 Å². The summed E-state index contributed by atoms with van der Waals surface area (Å²) < 4.78 is 2.78. The predicted octanol–water partition coefficient (Wildman–Crippen LogP) is 2.12. The second kappa shape index (κ2) is 8.49. The molecular weight excluding hydrogens is 535 g/mol. The van der Waals surface area contributed by atoms with Crippen molar-refractivity contribution in [1.82, 2.24) is 24.8 Å². The molecule has 2 aromatic heterocycles. The van der Waals surface area contributed by atoms with Gasteiger partial charge in [-0.3, -0.25) is 4.79 Å². The fraction of sp³-hybridized carbons (Fsp3) is 0.400. The van der Waals surface area contributed by atoms with Gasteiger partial charge in [-0.1, -0.05) is 12.1 Å². The van der Waals surface area contributed by atoms with E-state index in [1.54, 1.807) is 11.5 Å². The maximum Gasteiger partial charge on any atom is 0.228 e. The third-order valence-electron chi connectivity index (χ3n) is 5.85. The first-order valence-corrected chi connectivity index (χ1v) is 11.2. The summed E-state index contributed by atoms with van der Waals surface area (Å²) >= 11 is 8.43. The summed E-state index contributed by atoms with van der Waals surface area (Å²) in [6.45, 7) is 2.15. The van der Waals surface area contributed by atoms with Crippen LogP contribution < -0.4 is 10.6 Å². The number of imidazole rings is 1. The maximum absolute atomic E-state index is 12.4. The third kappa shape index (κ3) is 3.97. The smallest absolute Gasteiger partial charge is 0.228 e. The van der Waals surface area contributed by atoms with E-state index in [9.17, 15) is 15.0 Å². The van der Waals surface area contributed by atoms with E-state index in [-0.39, 0.29) is 17.6 Å². The summed E-state index contributed by atoms with van der Waals surface area (Å²) in [6.07, 6.45) is -0.655. The van der Waals surface area contributed by atoms with Gasteiger partial charge in [0.15, 0.2) is 17.0 Å². The average molecular weight is 557 g/mol. The van der Waals surface area contributed by atoms with Crippen molar-refractivity contribution in [1.29, 1.82) is 0 Å². The van der Waals surface area contributed by atoms with Gasteiger partial charge in [0, 0.05) is 17.2 Å². The fourth-order valence-corrected chi connectivity index (χ4v) is 4.90. The molecule has 1 aliphatic carbocycles. The number of aliphatic hydroxyl groups excluding tert-OH is 2. The quantitative estimate of drug-likeness (QED) is 0.280. The molecule has 11 heteroatoms. The van der Waals surface area contributed by atoms with Gasteiger partial charge >= 0.3 is 0 Å². The summed E-state index contributed by atoms with van der Waals surface area (Å²) in [7, 11) is 1.51. The highest BCUT2D eigenvalue weighted by molar-refractivity contribution is 14.1. The highest BCUT2D eigenvalue weighted by Crippen LogP contribution is 2.45. The Morgan fingerprint density at radius 3 is 2.87 bits per heavy atom. The number of hydrogen-bond donors (Lipinski definition) is 4. The Kier molecular flexibility index (Phi) is 6.08. The lowest BCUT2D eigenvalue weighted by Gasteiger charge is -2.26. The average Bonchev–Trinajstić information content (AvgIpc) is 3.26. The van der Waals surface area contributed by atoms with E-state index in [2.05, 4.69) is 54.2 Å². The van der Waals surface area contributed by atoms with Crippen LogP contribution in [0.2, 0.25) is 5.28 Å². The molecule has 0 radical (unpaired) electrons. The molecule has 0 unspecified atom stereocenters. The normalized spacial score (nSPS) is 25.7. The van der Waals surface area contributed by atoms with E-state index in [1.165, 1.54) is 13.4 Å². The summed E-state index contributed by atoms with van der Waals surface area (Å²) in [5.74, 6) is 0.133. The van der Waals surface area contributed by atoms with E-state index in [0.29, 0.717) is 23.5 Å². The Hall–Kier alpha value is -2.02. The molecule has 1 fully saturated rings. The fourth-order valence-electron chi connectivity index (χ4n) is 4.13. The monoisotopic (exact) mass is 556 g/mol. The number of amides is 1. The molecule has 164 valence electrons. The Morgan fingerprint density at radius 2 is 2.16 bits per heavy atom. The molecular formula is C20H22ClIN6O3. The van der Waals surface area contributed by atoms with E-state index >= 15 is 0 Å². The molecule has 0 aliphatic heterocycles.